The van der Waals surface area contributed by atoms with Crippen LogP contribution >= 0.6 is 34.3 Å². The van der Waals surface area contributed by atoms with Gasteiger partial charge in [-0.1, -0.05) is 22.9 Å². The smallest absolute Gasteiger partial charge is 0.253 e. The van der Waals surface area contributed by atoms with Crippen molar-refractivity contribution in [2.24, 2.45) is 0 Å². The zero-order valence-corrected chi connectivity index (χ0v) is 19.3. The highest BCUT2D eigenvalue weighted by Gasteiger charge is 2.40. The van der Waals surface area contributed by atoms with E-state index < -0.39 is 22.0 Å². The van der Waals surface area contributed by atoms with Crippen molar-refractivity contribution in [1.82, 2.24) is 9.29 Å². The average molecular weight is 488 g/mol. The number of carbonyl (C=O) groups excluding carboxylic acids is 1. The Morgan fingerprint density at radius 3 is 2.63 bits per heavy atom. The SMILES string of the molecule is COc1cc2nc(NC(=O)[C@H]3CCCN3S(=O)(=O)c3ccc(Cl)s3)sc2cc1OC. The van der Waals surface area contributed by atoms with E-state index in [1.54, 1.807) is 19.2 Å². The van der Waals surface area contributed by atoms with Crippen molar-refractivity contribution in [3.05, 3.63) is 28.6 Å². The van der Waals surface area contributed by atoms with Gasteiger partial charge in [-0.05, 0) is 25.0 Å². The molecule has 3 aromatic rings. The maximum atomic E-state index is 13.0. The molecule has 8 nitrogen and oxygen atoms in total. The Balaban J connectivity index is 1.57. The average Bonchev–Trinajstić information content (AvgIpc) is 3.45. The summed E-state index contributed by atoms with van der Waals surface area (Å²) in [7, 11) is -0.709. The number of nitrogens with zero attached hydrogens (tertiary/aromatic N) is 2. The predicted molar refractivity (Wildman–Crippen MR) is 118 cm³/mol. The second-order valence-corrected chi connectivity index (χ2v) is 11.4. The van der Waals surface area contributed by atoms with Crippen molar-refractivity contribution in [1.29, 1.82) is 0 Å². The quantitative estimate of drug-likeness (QED) is 0.567. The van der Waals surface area contributed by atoms with Crippen LogP contribution in [0.15, 0.2) is 28.5 Å². The Morgan fingerprint density at radius 1 is 1.23 bits per heavy atom. The molecule has 3 heterocycles. The fourth-order valence-corrected chi connectivity index (χ4v) is 7.49. The molecule has 0 bridgehead atoms. The number of rotatable bonds is 6. The highest BCUT2D eigenvalue weighted by Crippen LogP contribution is 2.37. The molecular formula is C18H18ClN3O5S3. The largest absolute Gasteiger partial charge is 0.493 e. The fourth-order valence-electron chi connectivity index (χ4n) is 3.34. The van der Waals surface area contributed by atoms with Gasteiger partial charge in [0.25, 0.3) is 10.0 Å². The van der Waals surface area contributed by atoms with Crippen LogP contribution in [-0.2, 0) is 14.8 Å². The lowest BCUT2D eigenvalue weighted by Crippen LogP contribution is -2.42. The van der Waals surface area contributed by atoms with Gasteiger partial charge in [0.1, 0.15) is 10.3 Å². The monoisotopic (exact) mass is 487 g/mol. The van der Waals surface area contributed by atoms with Crippen LogP contribution in [0.2, 0.25) is 4.34 Å². The highest BCUT2D eigenvalue weighted by molar-refractivity contribution is 7.91. The molecule has 1 aliphatic rings. The van der Waals surface area contributed by atoms with Crippen LogP contribution in [0.1, 0.15) is 12.8 Å². The molecule has 1 amide bonds. The van der Waals surface area contributed by atoms with Gasteiger partial charge in [0.2, 0.25) is 5.91 Å². The van der Waals surface area contributed by atoms with Crippen LogP contribution in [0.3, 0.4) is 0 Å². The molecular weight excluding hydrogens is 470 g/mol. The lowest BCUT2D eigenvalue weighted by atomic mass is 10.2. The van der Waals surface area contributed by atoms with Gasteiger partial charge in [-0.15, -0.1) is 11.3 Å². The summed E-state index contributed by atoms with van der Waals surface area (Å²) in [5, 5.41) is 3.15. The summed E-state index contributed by atoms with van der Waals surface area (Å²) in [6, 6.07) is 5.71. The Morgan fingerprint density at radius 2 is 1.97 bits per heavy atom. The number of halogens is 1. The molecule has 1 saturated heterocycles. The van der Waals surface area contributed by atoms with Crippen LogP contribution in [0.25, 0.3) is 10.2 Å². The zero-order chi connectivity index (χ0) is 21.5. The standard InChI is InChI=1S/C18H18ClN3O5S3/c1-26-12-8-10-14(9-13(12)27-2)28-18(20-10)21-17(23)11-4-3-7-22(11)30(24,25)16-6-5-15(19)29-16/h5-6,8-9,11H,3-4,7H2,1-2H3,(H,20,21,23)/t11-/m1/s1. The molecule has 0 aliphatic carbocycles. The number of methoxy groups -OCH3 is 2. The Hall–Kier alpha value is -1.92. The molecule has 160 valence electrons. The number of hydrogen-bond acceptors (Lipinski definition) is 8. The minimum absolute atomic E-state index is 0.131. The third-order valence-electron chi connectivity index (χ3n) is 4.74. The minimum atomic E-state index is -3.79. The van der Waals surface area contributed by atoms with E-state index in [2.05, 4.69) is 10.3 Å². The number of benzene rings is 1. The normalized spacial score (nSPS) is 17.4. The van der Waals surface area contributed by atoms with E-state index in [0.717, 1.165) is 16.0 Å². The Bertz CT molecular complexity index is 1170. The van der Waals surface area contributed by atoms with Crippen LogP contribution in [-0.4, -0.2) is 50.4 Å². The van der Waals surface area contributed by atoms with Gasteiger partial charge in [0.15, 0.2) is 16.6 Å². The molecule has 0 radical (unpaired) electrons. The lowest BCUT2D eigenvalue weighted by molar-refractivity contribution is -0.119. The predicted octanol–water partition coefficient (Wildman–Crippen LogP) is 3.82. The van der Waals surface area contributed by atoms with Gasteiger partial charge in [-0.25, -0.2) is 13.4 Å². The number of amides is 1. The molecule has 1 N–H and O–H groups in total. The van der Waals surface area contributed by atoms with E-state index in [-0.39, 0.29) is 10.8 Å². The molecule has 12 heteroatoms. The maximum Gasteiger partial charge on any atom is 0.253 e. The molecule has 0 saturated carbocycles. The van der Waals surface area contributed by atoms with Gasteiger partial charge in [0, 0.05) is 18.7 Å². The van der Waals surface area contributed by atoms with Crippen molar-refractivity contribution in [3.8, 4) is 11.5 Å². The first-order valence-corrected chi connectivity index (χ1v) is 12.4. The molecule has 30 heavy (non-hydrogen) atoms. The number of sulfonamides is 1. The Labute approximate surface area is 186 Å². The summed E-state index contributed by atoms with van der Waals surface area (Å²) in [5.41, 5.74) is 0.650. The molecule has 1 atom stereocenters. The first-order chi connectivity index (χ1) is 14.3. The summed E-state index contributed by atoms with van der Waals surface area (Å²) >= 11 is 8.15. The molecule has 0 unspecified atom stereocenters. The van der Waals surface area contributed by atoms with Crippen molar-refractivity contribution >= 4 is 65.6 Å². The summed E-state index contributed by atoms with van der Waals surface area (Å²) in [6.45, 7) is 0.282. The molecule has 1 fully saturated rings. The number of thiazole rings is 1. The van der Waals surface area contributed by atoms with Gasteiger partial charge in [0.05, 0.1) is 28.8 Å². The van der Waals surface area contributed by atoms with Crippen LogP contribution < -0.4 is 14.8 Å². The number of fused-ring (bicyclic) bond motifs is 1. The Kier molecular flexibility index (Phi) is 5.90. The highest BCUT2D eigenvalue weighted by atomic mass is 35.5. The van der Waals surface area contributed by atoms with Crippen molar-refractivity contribution in [3.63, 3.8) is 0 Å². The van der Waals surface area contributed by atoms with Crippen molar-refractivity contribution in [2.75, 3.05) is 26.1 Å². The topological polar surface area (TPSA) is 97.8 Å². The molecule has 0 spiro atoms. The van der Waals surface area contributed by atoms with E-state index in [4.69, 9.17) is 21.1 Å². The van der Waals surface area contributed by atoms with E-state index in [1.807, 2.05) is 0 Å². The van der Waals surface area contributed by atoms with E-state index in [9.17, 15) is 13.2 Å². The van der Waals surface area contributed by atoms with Crippen LogP contribution in [0.4, 0.5) is 5.13 Å². The second kappa shape index (κ2) is 8.31. The lowest BCUT2D eigenvalue weighted by Gasteiger charge is -2.22. The number of nitrogens with one attached hydrogen (secondary N) is 1. The van der Waals surface area contributed by atoms with E-state index in [1.165, 1.54) is 34.9 Å². The van der Waals surface area contributed by atoms with Gasteiger partial charge in [-0.2, -0.15) is 4.31 Å². The molecule has 4 rings (SSSR count). The third-order valence-corrected chi connectivity index (χ3v) is 9.28. The number of ether oxygens (including phenoxy) is 2. The molecule has 1 aromatic carbocycles. The van der Waals surface area contributed by atoms with E-state index in [0.29, 0.717) is 39.3 Å². The summed E-state index contributed by atoms with van der Waals surface area (Å²) in [5.74, 6) is 0.696. The number of hydrogen-bond donors (Lipinski definition) is 1. The number of aromatic nitrogens is 1. The van der Waals surface area contributed by atoms with Crippen LogP contribution in [0.5, 0.6) is 11.5 Å². The number of thiophene rings is 1. The molecule has 1 aliphatic heterocycles. The first kappa shape index (κ1) is 21.3. The summed E-state index contributed by atoms with van der Waals surface area (Å²) < 4.78 is 39.1. The van der Waals surface area contributed by atoms with Gasteiger partial charge < -0.3 is 14.8 Å². The maximum absolute atomic E-state index is 13.0. The zero-order valence-electron chi connectivity index (χ0n) is 16.0. The van der Waals surface area contributed by atoms with E-state index >= 15 is 0 Å². The van der Waals surface area contributed by atoms with Gasteiger partial charge >= 0.3 is 0 Å². The minimum Gasteiger partial charge on any atom is -0.493 e. The summed E-state index contributed by atoms with van der Waals surface area (Å²) in [6.07, 6.45) is 1.04. The van der Waals surface area contributed by atoms with Crippen molar-refractivity contribution < 1.29 is 22.7 Å². The number of carbonyl (C=O) groups is 1. The van der Waals surface area contributed by atoms with Crippen LogP contribution in [0, 0.1) is 0 Å². The summed E-state index contributed by atoms with van der Waals surface area (Å²) in [4.78, 5) is 17.3. The first-order valence-electron chi connectivity index (χ1n) is 8.94. The van der Waals surface area contributed by atoms with Crippen molar-refractivity contribution in [2.45, 2.75) is 23.1 Å². The molecule has 2 aromatic heterocycles. The third kappa shape index (κ3) is 3.87. The second-order valence-electron chi connectivity index (χ2n) is 6.52. The fraction of sp³-hybridized carbons (Fsp3) is 0.333. The number of anilines is 1. The van der Waals surface area contributed by atoms with Gasteiger partial charge in [-0.3, -0.25) is 4.79 Å².